The summed E-state index contributed by atoms with van der Waals surface area (Å²) in [5.41, 5.74) is 1.17. The summed E-state index contributed by atoms with van der Waals surface area (Å²) in [7, 11) is 0. The van der Waals surface area contributed by atoms with E-state index in [1.54, 1.807) is 11.3 Å². The van der Waals surface area contributed by atoms with Crippen molar-refractivity contribution < 1.29 is 9.90 Å². The highest BCUT2D eigenvalue weighted by Crippen LogP contribution is 2.30. The Kier molecular flexibility index (Phi) is 4.64. The summed E-state index contributed by atoms with van der Waals surface area (Å²) in [6.07, 6.45) is 1.97. The molecule has 1 aliphatic heterocycles. The van der Waals surface area contributed by atoms with Gasteiger partial charge in [0.2, 0.25) is 0 Å². The summed E-state index contributed by atoms with van der Waals surface area (Å²) in [6, 6.07) is 8.23. The Morgan fingerprint density at radius 2 is 2.32 bits per heavy atom. The van der Waals surface area contributed by atoms with Crippen LogP contribution in [-0.4, -0.2) is 35.7 Å². The number of nitrogens with zero attached hydrogens (tertiary/aromatic N) is 1. The summed E-state index contributed by atoms with van der Waals surface area (Å²) in [4.78, 5) is 14.3. The molecular formula is C17H22N2O2S. The van der Waals surface area contributed by atoms with Gasteiger partial charge < -0.3 is 15.3 Å². The summed E-state index contributed by atoms with van der Waals surface area (Å²) in [6.45, 7) is 3.62. The minimum absolute atomic E-state index is 0.0156. The Morgan fingerprint density at radius 1 is 1.50 bits per heavy atom. The molecule has 0 spiro atoms. The van der Waals surface area contributed by atoms with Gasteiger partial charge in [0.1, 0.15) is 0 Å². The fourth-order valence-electron chi connectivity index (χ4n) is 3.09. The van der Waals surface area contributed by atoms with Crippen LogP contribution in [-0.2, 0) is 0 Å². The minimum atomic E-state index is -0.0269. The Bertz CT molecular complexity index is 655. The number of nitrogens with one attached hydrogen (secondary N) is 1. The third-order valence-corrected chi connectivity index (χ3v) is 5.36. The molecular weight excluding hydrogens is 296 g/mol. The highest BCUT2D eigenvalue weighted by atomic mass is 32.1. The van der Waals surface area contributed by atoms with Gasteiger partial charge in [0.05, 0.1) is 6.04 Å². The molecule has 2 aromatic rings. The molecule has 2 heterocycles. The van der Waals surface area contributed by atoms with E-state index in [1.807, 2.05) is 24.0 Å². The number of aliphatic hydroxyl groups excluding tert-OH is 1. The number of fused-ring (bicyclic) bond motifs is 1. The largest absolute Gasteiger partial charge is 0.396 e. The van der Waals surface area contributed by atoms with Gasteiger partial charge in [-0.25, -0.2) is 4.79 Å². The summed E-state index contributed by atoms with van der Waals surface area (Å²) in [5, 5.41) is 15.7. The van der Waals surface area contributed by atoms with Crippen molar-refractivity contribution in [2.45, 2.75) is 25.8 Å². The molecule has 1 aromatic heterocycles. The minimum Gasteiger partial charge on any atom is -0.396 e. The lowest BCUT2D eigenvalue weighted by molar-refractivity contribution is 0.128. The number of hydrogen-bond acceptors (Lipinski definition) is 3. The second kappa shape index (κ2) is 6.67. The normalized spacial score (nSPS) is 20.1. The van der Waals surface area contributed by atoms with Crippen LogP contribution in [0.25, 0.3) is 10.1 Å². The average molecular weight is 318 g/mol. The molecule has 3 rings (SSSR count). The predicted octanol–water partition coefficient (Wildman–Crippen LogP) is 3.38. The van der Waals surface area contributed by atoms with Gasteiger partial charge in [-0.1, -0.05) is 18.2 Å². The number of thiophene rings is 1. The smallest absolute Gasteiger partial charge is 0.317 e. The topological polar surface area (TPSA) is 52.6 Å². The van der Waals surface area contributed by atoms with Gasteiger partial charge in [0.25, 0.3) is 0 Å². The second-order valence-corrected chi connectivity index (χ2v) is 6.91. The number of urea groups is 1. The highest BCUT2D eigenvalue weighted by Gasteiger charge is 2.24. The molecule has 0 bridgehead atoms. The second-order valence-electron chi connectivity index (χ2n) is 6.00. The number of aliphatic hydroxyl groups is 1. The zero-order valence-electron chi connectivity index (χ0n) is 12.8. The maximum Gasteiger partial charge on any atom is 0.317 e. The van der Waals surface area contributed by atoms with Gasteiger partial charge in [0.15, 0.2) is 0 Å². The Morgan fingerprint density at radius 3 is 3.14 bits per heavy atom. The number of benzene rings is 1. The number of rotatable bonds is 3. The zero-order valence-corrected chi connectivity index (χ0v) is 13.6. The first-order chi connectivity index (χ1) is 10.7. The van der Waals surface area contributed by atoms with Gasteiger partial charge >= 0.3 is 6.03 Å². The molecule has 5 heteroatoms. The Balaban J connectivity index is 1.68. The molecule has 2 amide bonds. The van der Waals surface area contributed by atoms with Crippen molar-refractivity contribution in [3.8, 4) is 0 Å². The van der Waals surface area contributed by atoms with Crippen molar-refractivity contribution in [2.24, 2.45) is 5.92 Å². The number of hydrogen-bond donors (Lipinski definition) is 2. The molecule has 4 nitrogen and oxygen atoms in total. The van der Waals surface area contributed by atoms with Crippen molar-refractivity contribution in [1.29, 1.82) is 0 Å². The van der Waals surface area contributed by atoms with E-state index in [-0.39, 0.29) is 24.6 Å². The lowest BCUT2D eigenvalue weighted by atomic mass is 9.99. The first-order valence-corrected chi connectivity index (χ1v) is 8.69. The third kappa shape index (κ3) is 3.10. The molecule has 0 saturated carbocycles. The van der Waals surface area contributed by atoms with Crippen molar-refractivity contribution in [2.75, 3.05) is 19.7 Å². The number of carbonyl (C=O) groups is 1. The molecule has 0 unspecified atom stereocenters. The fraction of sp³-hybridized carbons (Fsp3) is 0.471. The van der Waals surface area contributed by atoms with E-state index in [9.17, 15) is 9.90 Å². The average Bonchev–Trinajstić information content (AvgIpc) is 2.99. The first-order valence-electron chi connectivity index (χ1n) is 7.81. The van der Waals surface area contributed by atoms with Crippen LogP contribution in [0.1, 0.15) is 31.4 Å². The summed E-state index contributed by atoms with van der Waals surface area (Å²) < 4.78 is 1.25. The molecule has 1 aliphatic rings. The first kappa shape index (κ1) is 15.3. The zero-order chi connectivity index (χ0) is 15.5. The van der Waals surface area contributed by atoms with Gasteiger partial charge in [-0.05, 0) is 48.1 Å². The molecule has 118 valence electrons. The van der Waals surface area contributed by atoms with E-state index in [0.29, 0.717) is 6.54 Å². The number of amides is 2. The number of likely N-dealkylation sites (tertiary alicyclic amines) is 1. The Labute approximate surface area is 134 Å². The molecule has 0 aliphatic carbocycles. The summed E-state index contributed by atoms with van der Waals surface area (Å²) >= 11 is 1.71. The number of piperidine rings is 1. The van der Waals surface area contributed by atoms with Crippen molar-refractivity contribution >= 4 is 27.5 Å². The van der Waals surface area contributed by atoms with Crippen LogP contribution < -0.4 is 5.32 Å². The molecule has 1 aromatic carbocycles. The van der Waals surface area contributed by atoms with Crippen LogP contribution >= 0.6 is 11.3 Å². The van der Waals surface area contributed by atoms with Gasteiger partial charge in [-0.15, -0.1) is 11.3 Å². The maximum atomic E-state index is 12.4. The van der Waals surface area contributed by atoms with Crippen molar-refractivity contribution in [3.05, 3.63) is 35.2 Å². The fourth-order valence-corrected chi connectivity index (χ4v) is 4.14. The van der Waals surface area contributed by atoms with E-state index >= 15 is 0 Å². The van der Waals surface area contributed by atoms with Gasteiger partial charge in [0, 0.05) is 24.4 Å². The van der Waals surface area contributed by atoms with E-state index in [0.717, 1.165) is 19.4 Å². The van der Waals surface area contributed by atoms with E-state index < -0.39 is 0 Å². The predicted molar refractivity (Wildman–Crippen MR) is 90.2 cm³/mol. The van der Waals surface area contributed by atoms with Crippen molar-refractivity contribution in [1.82, 2.24) is 10.2 Å². The molecule has 1 fully saturated rings. The van der Waals surface area contributed by atoms with Gasteiger partial charge in [-0.3, -0.25) is 0 Å². The lowest BCUT2D eigenvalue weighted by Crippen LogP contribution is -2.46. The SMILES string of the molecule is C[C@@H](NC(=O)N1CCC[C@H](CO)C1)c1csc2ccccc12. The van der Waals surface area contributed by atoms with Crippen LogP contribution in [0.15, 0.2) is 29.6 Å². The summed E-state index contributed by atoms with van der Waals surface area (Å²) in [5.74, 6) is 0.219. The van der Waals surface area contributed by atoms with Crippen LogP contribution in [0.2, 0.25) is 0 Å². The molecule has 1 saturated heterocycles. The number of carbonyl (C=O) groups excluding carboxylic acids is 1. The maximum absolute atomic E-state index is 12.4. The third-order valence-electron chi connectivity index (χ3n) is 4.38. The quantitative estimate of drug-likeness (QED) is 0.911. The molecule has 2 atom stereocenters. The van der Waals surface area contributed by atoms with Crippen LogP contribution in [0.4, 0.5) is 4.79 Å². The van der Waals surface area contributed by atoms with Gasteiger partial charge in [-0.2, -0.15) is 0 Å². The molecule has 22 heavy (non-hydrogen) atoms. The highest BCUT2D eigenvalue weighted by molar-refractivity contribution is 7.17. The van der Waals surface area contributed by atoms with Crippen LogP contribution in [0, 0.1) is 5.92 Å². The lowest BCUT2D eigenvalue weighted by Gasteiger charge is -2.32. The van der Waals surface area contributed by atoms with E-state index in [1.165, 1.54) is 15.6 Å². The van der Waals surface area contributed by atoms with Crippen LogP contribution in [0.3, 0.4) is 0 Å². The monoisotopic (exact) mass is 318 g/mol. The van der Waals surface area contributed by atoms with E-state index in [4.69, 9.17) is 0 Å². The molecule has 2 N–H and O–H groups in total. The van der Waals surface area contributed by atoms with E-state index in [2.05, 4.69) is 22.8 Å². The molecule has 0 radical (unpaired) electrons. The van der Waals surface area contributed by atoms with Crippen molar-refractivity contribution in [3.63, 3.8) is 0 Å². The Hall–Kier alpha value is -1.59. The van der Waals surface area contributed by atoms with Crippen LogP contribution in [0.5, 0.6) is 0 Å². The standard InChI is InChI=1S/C17H22N2O2S/c1-12(15-11-22-16-7-3-2-6-14(15)16)18-17(21)19-8-4-5-13(9-19)10-20/h2-3,6-7,11-13,20H,4-5,8-10H2,1H3,(H,18,21)/t12-,13+/m1/s1.